The normalized spacial score (nSPS) is 10.5. The first-order valence-electron chi connectivity index (χ1n) is 5.67. The van der Waals surface area contributed by atoms with Crippen LogP contribution >= 0.6 is 23.8 Å². The van der Waals surface area contributed by atoms with Crippen molar-refractivity contribution in [3.63, 3.8) is 0 Å². The Morgan fingerprint density at radius 1 is 1.42 bits per heavy atom. The quantitative estimate of drug-likeness (QED) is 0.884. The third-order valence-electron chi connectivity index (χ3n) is 2.87. The second kappa shape index (κ2) is 5.19. The summed E-state index contributed by atoms with van der Waals surface area (Å²) >= 11 is 11.0. The van der Waals surface area contributed by atoms with Gasteiger partial charge in [-0.15, -0.1) is 0 Å². The van der Waals surface area contributed by atoms with Gasteiger partial charge < -0.3 is 10.5 Å². The average molecular weight is 296 g/mol. The minimum Gasteiger partial charge on any atom is -0.453 e. The van der Waals surface area contributed by atoms with Crippen molar-refractivity contribution in [2.24, 2.45) is 12.8 Å². The van der Waals surface area contributed by atoms with Crippen molar-refractivity contribution in [1.82, 2.24) is 9.78 Å². The number of rotatable bonds is 3. The Morgan fingerprint density at radius 3 is 2.58 bits per heavy atom. The van der Waals surface area contributed by atoms with Crippen molar-refractivity contribution < 1.29 is 4.74 Å². The van der Waals surface area contributed by atoms with Crippen molar-refractivity contribution in [2.45, 2.75) is 13.8 Å². The summed E-state index contributed by atoms with van der Waals surface area (Å²) in [5, 5.41) is 4.77. The number of ether oxygens (including phenoxy) is 1. The van der Waals surface area contributed by atoms with E-state index in [2.05, 4.69) is 5.10 Å². The number of hydrogen-bond acceptors (Lipinski definition) is 3. The van der Waals surface area contributed by atoms with Crippen LogP contribution in [0.15, 0.2) is 18.2 Å². The molecule has 2 N–H and O–H groups in total. The number of thiocarbonyl (C=S) groups is 1. The van der Waals surface area contributed by atoms with Gasteiger partial charge in [0.25, 0.3) is 0 Å². The van der Waals surface area contributed by atoms with Crippen LogP contribution in [0, 0.1) is 13.8 Å². The molecule has 2 aromatic rings. The van der Waals surface area contributed by atoms with Gasteiger partial charge >= 0.3 is 0 Å². The molecule has 2 rings (SSSR count). The average Bonchev–Trinajstić information content (AvgIpc) is 2.56. The van der Waals surface area contributed by atoms with Gasteiger partial charge in [-0.2, -0.15) is 5.10 Å². The van der Waals surface area contributed by atoms with Crippen molar-refractivity contribution in [2.75, 3.05) is 0 Å². The molecule has 1 aromatic carbocycles. The maximum absolute atomic E-state index is 6.11. The largest absolute Gasteiger partial charge is 0.453 e. The summed E-state index contributed by atoms with van der Waals surface area (Å²) < 4.78 is 7.60. The summed E-state index contributed by atoms with van der Waals surface area (Å²) in [5.41, 5.74) is 7.98. The first-order chi connectivity index (χ1) is 8.90. The molecule has 0 saturated heterocycles. The Labute approximate surface area is 122 Å². The number of aryl methyl sites for hydroxylation is 2. The lowest BCUT2D eigenvalue weighted by Gasteiger charge is -2.08. The van der Waals surface area contributed by atoms with Crippen LogP contribution in [0.3, 0.4) is 0 Å². The first-order valence-corrected chi connectivity index (χ1v) is 6.46. The fourth-order valence-electron chi connectivity index (χ4n) is 1.78. The zero-order chi connectivity index (χ0) is 14.2. The lowest BCUT2D eigenvalue weighted by molar-refractivity contribution is 0.474. The number of nitrogens with zero attached hydrogens (tertiary/aromatic N) is 2. The lowest BCUT2D eigenvalue weighted by atomic mass is 10.2. The summed E-state index contributed by atoms with van der Waals surface area (Å²) in [6.45, 7) is 3.84. The zero-order valence-electron chi connectivity index (χ0n) is 10.9. The van der Waals surface area contributed by atoms with Crippen molar-refractivity contribution in [3.8, 4) is 11.5 Å². The Balaban J connectivity index is 2.34. The molecule has 1 aromatic heterocycles. The monoisotopic (exact) mass is 295 g/mol. The molecule has 0 saturated carbocycles. The van der Waals surface area contributed by atoms with Gasteiger partial charge in [-0.25, -0.2) is 0 Å². The van der Waals surface area contributed by atoms with Crippen LogP contribution in [0.5, 0.6) is 11.5 Å². The predicted molar refractivity (Wildman–Crippen MR) is 80.1 cm³/mol. The molecular weight excluding hydrogens is 282 g/mol. The van der Waals surface area contributed by atoms with Gasteiger partial charge in [-0.05, 0) is 26.0 Å². The number of aromatic nitrogens is 2. The van der Waals surface area contributed by atoms with Gasteiger partial charge in [0.05, 0.1) is 10.7 Å². The summed E-state index contributed by atoms with van der Waals surface area (Å²) in [6.07, 6.45) is 0. The van der Waals surface area contributed by atoms with E-state index < -0.39 is 0 Å². The highest BCUT2D eigenvalue weighted by atomic mass is 35.5. The third-order valence-corrected chi connectivity index (χ3v) is 3.40. The van der Waals surface area contributed by atoms with E-state index >= 15 is 0 Å². The molecule has 0 amide bonds. The topological polar surface area (TPSA) is 53.1 Å². The van der Waals surface area contributed by atoms with E-state index in [0.29, 0.717) is 16.3 Å². The Kier molecular flexibility index (Phi) is 3.78. The standard InChI is InChI=1S/C13H14ClN3OS/c1-7-12(8(2)17(3)16-7)18-9-4-5-10(13(15)19)11(14)6-9/h4-6H,1-3H3,(H2,15,19). The van der Waals surface area contributed by atoms with E-state index in [9.17, 15) is 0 Å². The predicted octanol–water partition coefficient (Wildman–Crippen LogP) is 3.12. The number of halogens is 1. The Bertz CT molecular complexity index is 652. The van der Waals surface area contributed by atoms with Crippen LogP contribution in [-0.2, 0) is 7.05 Å². The summed E-state index contributed by atoms with van der Waals surface area (Å²) in [5.74, 6) is 1.37. The summed E-state index contributed by atoms with van der Waals surface area (Å²) in [6, 6.07) is 5.23. The van der Waals surface area contributed by atoms with Gasteiger partial charge in [0.15, 0.2) is 5.75 Å². The molecule has 19 heavy (non-hydrogen) atoms. The fraction of sp³-hybridized carbons (Fsp3) is 0.231. The van der Waals surface area contributed by atoms with Crippen LogP contribution in [0.1, 0.15) is 17.0 Å². The first kappa shape index (κ1) is 13.8. The summed E-state index contributed by atoms with van der Waals surface area (Å²) in [7, 11) is 1.87. The van der Waals surface area contributed by atoms with Gasteiger partial charge in [0.1, 0.15) is 16.4 Å². The van der Waals surface area contributed by atoms with Gasteiger partial charge in [-0.1, -0.05) is 23.8 Å². The maximum atomic E-state index is 6.11. The second-order valence-corrected chi connectivity index (χ2v) is 5.08. The zero-order valence-corrected chi connectivity index (χ0v) is 12.5. The lowest BCUT2D eigenvalue weighted by Crippen LogP contribution is -2.09. The van der Waals surface area contributed by atoms with E-state index in [1.165, 1.54) is 0 Å². The van der Waals surface area contributed by atoms with Gasteiger partial charge in [-0.3, -0.25) is 4.68 Å². The van der Waals surface area contributed by atoms with E-state index in [4.69, 9.17) is 34.3 Å². The SMILES string of the molecule is Cc1nn(C)c(C)c1Oc1ccc(C(N)=S)c(Cl)c1. The second-order valence-electron chi connectivity index (χ2n) is 4.23. The number of nitrogens with two attached hydrogens (primary N) is 1. The number of hydrogen-bond donors (Lipinski definition) is 1. The molecule has 6 heteroatoms. The highest BCUT2D eigenvalue weighted by Crippen LogP contribution is 2.30. The highest BCUT2D eigenvalue weighted by molar-refractivity contribution is 7.80. The maximum Gasteiger partial charge on any atom is 0.171 e. The third kappa shape index (κ3) is 2.72. The Hall–Kier alpha value is -1.59. The van der Waals surface area contributed by atoms with Crippen LogP contribution in [-0.4, -0.2) is 14.8 Å². The molecule has 1 heterocycles. The smallest absolute Gasteiger partial charge is 0.171 e. The molecular formula is C13H14ClN3OS. The molecule has 0 radical (unpaired) electrons. The molecule has 0 bridgehead atoms. The molecule has 4 nitrogen and oxygen atoms in total. The molecule has 0 fully saturated rings. The molecule has 0 atom stereocenters. The molecule has 100 valence electrons. The number of benzene rings is 1. The minimum absolute atomic E-state index is 0.269. The van der Waals surface area contributed by atoms with Crippen LogP contribution in [0.4, 0.5) is 0 Å². The van der Waals surface area contributed by atoms with Crippen molar-refractivity contribution in [3.05, 3.63) is 40.2 Å². The van der Waals surface area contributed by atoms with E-state index in [1.807, 2.05) is 20.9 Å². The molecule has 0 unspecified atom stereocenters. The van der Waals surface area contributed by atoms with Gasteiger partial charge in [0.2, 0.25) is 0 Å². The van der Waals surface area contributed by atoms with E-state index in [1.54, 1.807) is 22.9 Å². The van der Waals surface area contributed by atoms with E-state index in [-0.39, 0.29) is 4.99 Å². The van der Waals surface area contributed by atoms with Gasteiger partial charge in [0, 0.05) is 18.7 Å². The molecule has 0 aliphatic heterocycles. The van der Waals surface area contributed by atoms with Crippen molar-refractivity contribution in [1.29, 1.82) is 0 Å². The summed E-state index contributed by atoms with van der Waals surface area (Å²) in [4.78, 5) is 0.269. The highest BCUT2D eigenvalue weighted by Gasteiger charge is 2.13. The fourth-order valence-corrected chi connectivity index (χ4v) is 2.29. The van der Waals surface area contributed by atoms with Crippen LogP contribution in [0.2, 0.25) is 5.02 Å². The molecule has 0 aliphatic rings. The van der Waals surface area contributed by atoms with E-state index in [0.717, 1.165) is 17.1 Å². The van der Waals surface area contributed by atoms with Crippen LogP contribution in [0.25, 0.3) is 0 Å². The molecule has 0 spiro atoms. The molecule has 0 aliphatic carbocycles. The minimum atomic E-state index is 0.269. The van der Waals surface area contributed by atoms with Crippen molar-refractivity contribution >= 4 is 28.8 Å². The van der Waals surface area contributed by atoms with Crippen LogP contribution < -0.4 is 10.5 Å². The Morgan fingerprint density at radius 2 is 2.11 bits per heavy atom.